The monoisotopic (exact) mass is 275 g/mol. The second-order valence-corrected chi connectivity index (χ2v) is 5.32. The van der Waals surface area contributed by atoms with Crippen LogP contribution in [-0.2, 0) is 6.54 Å². The zero-order chi connectivity index (χ0) is 14.7. The van der Waals surface area contributed by atoms with Crippen molar-refractivity contribution in [1.29, 1.82) is 0 Å². The van der Waals surface area contributed by atoms with Gasteiger partial charge in [-0.1, -0.05) is 26.0 Å². The molecule has 0 fully saturated rings. The number of hydrogen-bond acceptors (Lipinski definition) is 4. The van der Waals surface area contributed by atoms with E-state index in [0.717, 1.165) is 11.0 Å². The van der Waals surface area contributed by atoms with Crippen LogP contribution in [0.4, 0.5) is 0 Å². The maximum Gasteiger partial charge on any atom is 0.272 e. The minimum absolute atomic E-state index is 0.146. The van der Waals surface area contributed by atoms with Crippen LogP contribution in [0, 0.1) is 6.92 Å². The normalized spacial score (nSPS) is 13.1. The van der Waals surface area contributed by atoms with Gasteiger partial charge >= 0.3 is 0 Å². The number of aryl methyl sites for hydroxylation is 1. The number of benzene rings is 1. The van der Waals surface area contributed by atoms with Crippen LogP contribution in [0.5, 0.6) is 0 Å². The Morgan fingerprint density at radius 3 is 2.75 bits per heavy atom. The number of rotatable bonds is 5. The van der Waals surface area contributed by atoms with E-state index in [4.69, 9.17) is 0 Å². The van der Waals surface area contributed by atoms with Gasteiger partial charge in [0, 0.05) is 12.6 Å². The third-order valence-electron chi connectivity index (χ3n) is 3.17. The first-order chi connectivity index (χ1) is 9.49. The van der Waals surface area contributed by atoms with Crippen molar-refractivity contribution in [1.82, 2.24) is 14.9 Å². The Morgan fingerprint density at radius 1 is 1.35 bits per heavy atom. The maximum atomic E-state index is 12.2. The molecule has 0 saturated heterocycles. The molecule has 5 heteroatoms. The molecular formula is C15H21N3O2. The molecule has 2 N–H and O–H groups in total. The molecule has 1 aromatic carbocycles. The third-order valence-corrected chi connectivity index (χ3v) is 3.17. The SMILES string of the molecule is Cc1nc2ccccc2n(CC(O)CNC(C)C)c1=O. The van der Waals surface area contributed by atoms with Crippen LogP contribution in [0.15, 0.2) is 29.1 Å². The molecule has 0 aliphatic rings. The molecule has 5 nitrogen and oxygen atoms in total. The van der Waals surface area contributed by atoms with Gasteiger partial charge in [0.05, 0.1) is 23.7 Å². The average molecular weight is 275 g/mol. The highest BCUT2D eigenvalue weighted by molar-refractivity contribution is 5.74. The number of aromatic nitrogens is 2. The van der Waals surface area contributed by atoms with Crippen molar-refractivity contribution in [3.05, 3.63) is 40.3 Å². The molecular weight excluding hydrogens is 254 g/mol. The summed E-state index contributed by atoms with van der Waals surface area (Å²) in [7, 11) is 0. The summed E-state index contributed by atoms with van der Waals surface area (Å²) in [6.07, 6.45) is -0.611. The quantitative estimate of drug-likeness (QED) is 0.856. The van der Waals surface area contributed by atoms with Gasteiger partial charge in [0.2, 0.25) is 0 Å². The van der Waals surface area contributed by atoms with Crippen molar-refractivity contribution in [2.45, 2.75) is 39.5 Å². The largest absolute Gasteiger partial charge is 0.390 e. The van der Waals surface area contributed by atoms with Crippen LogP contribution in [-0.4, -0.2) is 33.3 Å². The van der Waals surface area contributed by atoms with Crippen LogP contribution in [0.25, 0.3) is 11.0 Å². The Labute approximate surface area is 118 Å². The molecule has 2 aromatic rings. The fraction of sp³-hybridized carbons (Fsp3) is 0.467. The van der Waals surface area contributed by atoms with Gasteiger partial charge < -0.3 is 15.0 Å². The predicted molar refractivity (Wildman–Crippen MR) is 79.9 cm³/mol. The molecule has 2 rings (SSSR count). The van der Waals surface area contributed by atoms with Gasteiger partial charge in [0.15, 0.2) is 0 Å². The minimum Gasteiger partial charge on any atom is -0.390 e. The van der Waals surface area contributed by atoms with Gasteiger partial charge in [-0.2, -0.15) is 0 Å². The predicted octanol–water partition coefficient (Wildman–Crippen LogP) is 1.06. The third kappa shape index (κ3) is 3.23. The van der Waals surface area contributed by atoms with Gasteiger partial charge in [0.1, 0.15) is 5.69 Å². The molecule has 108 valence electrons. The number of fused-ring (bicyclic) bond motifs is 1. The van der Waals surface area contributed by atoms with E-state index in [1.54, 1.807) is 11.5 Å². The Balaban J connectivity index is 2.33. The molecule has 0 aliphatic heterocycles. The molecule has 0 spiro atoms. The molecule has 1 atom stereocenters. The Morgan fingerprint density at radius 2 is 2.05 bits per heavy atom. The fourth-order valence-electron chi connectivity index (χ4n) is 2.15. The van der Waals surface area contributed by atoms with Crippen molar-refractivity contribution in [3.63, 3.8) is 0 Å². The van der Waals surface area contributed by atoms with E-state index in [1.165, 1.54) is 0 Å². The van der Waals surface area contributed by atoms with E-state index in [2.05, 4.69) is 10.3 Å². The topological polar surface area (TPSA) is 67.2 Å². The van der Waals surface area contributed by atoms with Crippen molar-refractivity contribution in [3.8, 4) is 0 Å². The molecule has 0 aliphatic carbocycles. The molecule has 0 amide bonds. The molecule has 1 aromatic heterocycles. The first-order valence-corrected chi connectivity index (χ1v) is 6.86. The smallest absolute Gasteiger partial charge is 0.272 e. The lowest BCUT2D eigenvalue weighted by Crippen LogP contribution is -2.37. The molecule has 20 heavy (non-hydrogen) atoms. The number of aliphatic hydroxyl groups is 1. The van der Waals surface area contributed by atoms with Crippen LogP contribution in [0.3, 0.4) is 0 Å². The van der Waals surface area contributed by atoms with Crippen LogP contribution in [0.2, 0.25) is 0 Å². The van der Waals surface area contributed by atoms with E-state index < -0.39 is 6.10 Å². The molecule has 0 bridgehead atoms. The van der Waals surface area contributed by atoms with Crippen LogP contribution < -0.4 is 10.9 Å². The highest BCUT2D eigenvalue weighted by Gasteiger charge is 2.12. The zero-order valence-corrected chi connectivity index (χ0v) is 12.1. The summed E-state index contributed by atoms with van der Waals surface area (Å²) in [4.78, 5) is 16.5. The second-order valence-electron chi connectivity index (χ2n) is 5.32. The van der Waals surface area contributed by atoms with E-state index in [0.29, 0.717) is 18.3 Å². The summed E-state index contributed by atoms with van der Waals surface area (Å²) < 4.78 is 1.60. The van der Waals surface area contributed by atoms with Crippen molar-refractivity contribution in [2.75, 3.05) is 6.54 Å². The molecule has 0 radical (unpaired) electrons. The zero-order valence-electron chi connectivity index (χ0n) is 12.1. The summed E-state index contributed by atoms with van der Waals surface area (Å²) in [6.45, 7) is 6.46. The second kappa shape index (κ2) is 6.15. The molecule has 1 unspecified atom stereocenters. The van der Waals surface area contributed by atoms with Gasteiger partial charge in [-0.15, -0.1) is 0 Å². The first-order valence-electron chi connectivity index (χ1n) is 6.86. The summed E-state index contributed by atoms with van der Waals surface area (Å²) >= 11 is 0. The summed E-state index contributed by atoms with van der Waals surface area (Å²) in [6, 6.07) is 7.79. The van der Waals surface area contributed by atoms with Crippen molar-refractivity contribution in [2.24, 2.45) is 0 Å². The Hall–Kier alpha value is -1.72. The lowest BCUT2D eigenvalue weighted by molar-refractivity contribution is 0.149. The van der Waals surface area contributed by atoms with E-state index in [9.17, 15) is 9.90 Å². The number of nitrogens with one attached hydrogen (secondary N) is 1. The van der Waals surface area contributed by atoms with Gasteiger partial charge in [-0.05, 0) is 19.1 Å². The van der Waals surface area contributed by atoms with Gasteiger partial charge in [0.25, 0.3) is 5.56 Å². The van der Waals surface area contributed by atoms with Gasteiger partial charge in [-0.3, -0.25) is 4.79 Å². The van der Waals surface area contributed by atoms with E-state index >= 15 is 0 Å². The van der Waals surface area contributed by atoms with Gasteiger partial charge in [-0.25, -0.2) is 4.98 Å². The number of nitrogens with zero attached hydrogens (tertiary/aromatic N) is 2. The van der Waals surface area contributed by atoms with E-state index in [-0.39, 0.29) is 12.1 Å². The number of hydrogen-bond donors (Lipinski definition) is 2. The average Bonchev–Trinajstić information content (AvgIpc) is 2.41. The standard InChI is InChI=1S/C15H21N3O2/c1-10(2)16-8-12(19)9-18-14-7-5-4-6-13(14)17-11(3)15(18)20/h4-7,10,12,16,19H,8-9H2,1-3H3. The first kappa shape index (κ1) is 14.7. The van der Waals surface area contributed by atoms with Crippen molar-refractivity contribution >= 4 is 11.0 Å². The fourth-order valence-corrected chi connectivity index (χ4v) is 2.15. The van der Waals surface area contributed by atoms with Crippen LogP contribution in [0.1, 0.15) is 19.5 Å². The lowest BCUT2D eigenvalue weighted by Gasteiger charge is -2.17. The number of para-hydroxylation sites is 2. The molecule has 1 heterocycles. The molecule has 0 saturated carbocycles. The van der Waals surface area contributed by atoms with E-state index in [1.807, 2.05) is 38.1 Å². The highest BCUT2D eigenvalue weighted by Crippen LogP contribution is 2.10. The summed E-state index contributed by atoms with van der Waals surface area (Å²) in [5.41, 5.74) is 1.83. The summed E-state index contributed by atoms with van der Waals surface area (Å²) in [5, 5.41) is 13.3. The number of aliphatic hydroxyl groups excluding tert-OH is 1. The Bertz CT molecular complexity index is 649. The Kier molecular flexibility index (Phi) is 4.52. The minimum atomic E-state index is -0.611. The summed E-state index contributed by atoms with van der Waals surface area (Å²) in [5.74, 6) is 0. The van der Waals surface area contributed by atoms with Crippen molar-refractivity contribution < 1.29 is 5.11 Å². The maximum absolute atomic E-state index is 12.2. The van der Waals surface area contributed by atoms with Crippen LogP contribution >= 0.6 is 0 Å². The lowest BCUT2D eigenvalue weighted by atomic mass is 10.2. The highest BCUT2D eigenvalue weighted by atomic mass is 16.3.